The molecule has 2 N–H and O–H groups in total. The molecule has 1 aromatic carbocycles. The van der Waals surface area contributed by atoms with Gasteiger partial charge in [0.25, 0.3) is 0 Å². The summed E-state index contributed by atoms with van der Waals surface area (Å²) < 4.78 is 0. The molecule has 22 heavy (non-hydrogen) atoms. The lowest BCUT2D eigenvalue weighted by molar-refractivity contribution is -0.127. The van der Waals surface area contributed by atoms with Crippen LogP contribution in [0.25, 0.3) is 0 Å². The molecule has 1 aliphatic carbocycles. The molecular formula is C17H22N2O3. The van der Waals surface area contributed by atoms with Gasteiger partial charge in [0, 0.05) is 19.0 Å². The molecule has 1 atom stereocenters. The average Bonchev–Trinajstić information content (AvgIpc) is 3.11. The minimum atomic E-state index is -0.515. The number of benzene rings is 1. The quantitative estimate of drug-likeness (QED) is 0.886. The molecule has 0 spiro atoms. The number of hydrogen-bond donors (Lipinski definition) is 2. The van der Waals surface area contributed by atoms with Crippen LogP contribution in [0.5, 0.6) is 0 Å². The molecule has 5 nitrogen and oxygen atoms in total. The fourth-order valence-corrected chi connectivity index (χ4v) is 3.70. The molecule has 1 heterocycles. The standard InChI is InChI=1S/C17H22N2O3/c1-12(21)19-14-7-3-2-6-13(14)10-15(19)16(22)18-17(11-20)8-4-5-9-17/h2-3,6-7,15,20H,4-5,8-11H2,1H3,(H,18,22)/t15-/m0/s1. The molecule has 1 aliphatic heterocycles. The zero-order valence-corrected chi connectivity index (χ0v) is 12.8. The first-order valence-corrected chi connectivity index (χ1v) is 7.87. The molecule has 0 bridgehead atoms. The van der Waals surface area contributed by atoms with Gasteiger partial charge in [0.1, 0.15) is 6.04 Å². The van der Waals surface area contributed by atoms with Gasteiger partial charge >= 0.3 is 0 Å². The van der Waals surface area contributed by atoms with Gasteiger partial charge in [0.15, 0.2) is 0 Å². The topological polar surface area (TPSA) is 69.6 Å². The van der Waals surface area contributed by atoms with Crippen LogP contribution in [0.15, 0.2) is 24.3 Å². The lowest BCUT2D eigenvalue weighted by Crippen LogP contribution is -2.56. The van der Waals surface area contributed by atoms with Crippen molar-refractivity contribution in [3.05, 3.63) is 29.8 Å². The van der Waals surface area contributed by atoms with Crippen molar-refractivity contribution in [2.24, 2.45) is 0 Å². The molecule has 118 valence electrons. The monoisotopic (exact) mass is 302 g/mol. The predicted octanol–water partition coefficient (Wildman–Crippen LogP) is 1.39. The maximum atomic E-state index is 12.7. The average molecular weight is 302 g/mol. The van der Waals surface area contributed by atoms with Crippen molar-refractivity contribution in [3.63, 3.8) is 0 Å². The summed E-state index contributed by atoms with van der Waals surface area (Å²) in [4.78, 5) is 26.3. The van der Waals surface area contributed by atoms with Gasteiger partial charge in [-0.15, -0.1) is 0 Å². The lowest BCUT2D eigenvalue weighted by atomic mass is 9.98. The maximum absolute atomic E-state index is 12.7. The number of carbonyl (C=O) groups is 2. The van der Waals surface area contributed by atoms with E-state index in [9.17, 15) is 14.7 Å². The van der Waals surface area contributed by atoms with Crippen molar-refractivity contribution in [2.45, 2.75) is 50.6 Å². The number of nitrogens with one attached hydrogen (secondary N) is 1. The van der Waals surface area contributed by atoms with Crippen LogP contribution in [0, 0.1) is 0 Å². The van der Waals surface area contributed by atoms with Crippen LogP contribution in [0.1, 0.15) is 38.2 Å². The fourth-order valence-electron chi connectivity index (χ4n) is 3.70. The van der Waals surface area contributed by atoms with Crippen LogP contribution < -0.4 is 10.2 Å². The van der Waals surface area contributed by atoms with E-state index in [0.29, 0.717) is 6.42 Å². The van der Waals surface area contributed by atoms with Gasteiger partial charge < -0.3 is 10.4 Å². The summed E-state index contributed by atoms with van der Waals surface area (Å²) in [6.45, 7) is 1.44. The Kier molecular flexibility index (Phi) is 3.91. The van der Waals surface area contributed by atoms with E-state index in [1.54, 1.807) is 4.90 Å². The van der Waals surface area contributed by atoms with Gasteiger partial charge in [-0.25, -0.2) is 0 Å². The number of nitrogens with zero attached hydrogens (tertiary/aromatic N) is 1. The van der Waals surface area contributed by atoms with E-state index in [0.717, 1.165) is 36.9 Å². The van der Waals surface area contributed by atoms with Gasteiger partial charge in [0.05, 0.1) is 12.1 Å². The Balaban J connectivity index is 1.82. The Morgan fingerprint density at radius 2 is 2.00 bits per heavy atom. The SMILES string of the molecule is CC(=O)N1c2ccccc2C[C@H]1C(=O)NC1(CO)CCCC1. The van der Waals surface area contributed by atoms with E-state index in [2.05, 4.69) is 5.32 Å². The van der Waals surface area contributed by atoms with E-state index >= 15 is 0 Å². The molecule has 3 rings (SSSR count). The van der Waals surface area contributed by atoms with E-state index in [4.69, 9.17) is 0 Å². The van der Waals surface area contributed by atoms with Crippen LogP contribution in [0.4, 0.5) is 5.69 Å². The van der Waals surface area contributed by atoms with Gasteiger partial charge in [-0.1, -0.05) is 31.0 Å². The second kappa shape index (κ2) is 5.72. The number of aliphatic hydroxyl groups is 1. The first kappa shape index (κ1) is 15.0. The summed E-state index contributed by atoms with van der Waals surface area (Å²) in [5, 5.41) is 12.7. The summed E-state index contributed by atoms with van der Waals surface area (Å²) in [5.41, 5.74) is 1.33. The molecule has 0 radical (unpaired) electrons. The highest BCUT2D eigenvalue weighted by atomic mass is 16.3. The Morgan fingerprint density at radius 3 is 2.64 bits per heavy atom. The van der Waals surface area contributed by atoms with Crippen molar-refractivity contribution >= 4 is 17.5 Å². The fraction of sp³-hybridized carbons (Fsp3) is 0.529. The molecular weight excluding hydrogens is 280 g/mol. The number of rotatable bonds is 3. The number of hydrogen-bond acceptors (Lipinski definition) is 3. The summed E-state index contributed by atoms with van der Waals surface area (Å²) in [7, 11) is 0. The first-order valence-electron chi connectivity index (χ1n) is 7.87. The van der Waals surface area contributed by atoms with Crippen molar-refractivity contribution < 1.29 is 14.7 Å². The highest BCUT2D eigenvalue weighted by Gasteiger charge is 2.41. The number of aliphatic hydroxyl groups excluding tert-OH is 1. The number of carbonyl (C=O) groups excluding carboxylic acids is 2. The molecule has 0 saturated heterocycles. The van der Waals surface area contributed by atoms with Crippen molar-refractivity contribution in [1.82, 2.24) is 5.32 Å². The molecule has 1 aromatic rings. The number of fused-ring (bicyclic) bond motifs is 1. The summed E-state index contributed by atoms with van der Waals surface area (Å²) >= 11 is 0. The van der Waals surface area contributed by atoms with Crippen LogP contribution in [0.3, 0.4) is 0 Å². The van der Waals surface area contributed by atoms with E-state index in [1.165, 1.54) is 6.92 Å². The minimum absolute atomic E-state index is 0.0432. The number of amides is 2. The Hall–Kier alpha value is -1.88. The molecule has 5 heteroatoms. The van der Waals surface area contributed by atoms with Crippen LogP contribution in [-0.2, 0) is 16.0 Å². The summed E-state index contributed by atoms with van der Waals surface area (Å²) in [5.74, 6) is -0.295. The highest BCUT2D eigenvalue weighted by Crippen LogP contribution is 2.34. The van der Waals surface area contributed by atoms with E-state index < -0.39 is 11.6 Å². The molecule has 2 amide bonds. The molecule has 2 aliphatic rings. The lowest BCUT2D eigenvalue weighted by Gasteiger charge is -2.31. The van der Waals surface area contributed by atoms with Crippen LogP contribution in [-0.4, -0.2) is 35.1 Å². The first-order chi connectivity index (χ1) is 10.6. The zero-order valence-electron chi connectivity index (χ0n) is 12.8. The third-order valence-electron chi connectivity index (χ3n) is 4.87. The normalized spacial score (nSPS) is 22.5. The van der Waals surface area contributed by atoms with Crippen molar-refractivity contribution in [3.8, 4) is 0 Å². The Labute approximate surface area is 130 Å². The Bertz CT molecular complexity index is 593. The molecule has 0 aromatic heterocycles. The molecule has 0 unspecified atom stereocenters. The second-order valence-corrected chi connectivity index (χ2v) is 6.37. The summed E-state index contributed by atoms with van der Waals surface area (Å²) in [6.07, 6.45) is 4.16. The van der Waals surface area contributed by atoms with Crippen molar-refractivity contribution in [2.75, 3.05) is 11.5 Å². The summed E-state index contributed by atoms with van der Waals surface area (Å²) in [6, 6.07) is 7.11. The Morgan fingerprint density at radius 1 is 1.32 bits per heavy atom. The highest BCUT2D eigenvalue weighted by molar-refractivity contribution is 6.02. The smallest absolute Gasteiger partial charge is 0.244 e. The predicted molar refractivity (Wildman–Crippen MR) is 83.5 cm³/mol. The number of anilines is 1. The molecule has 1 saturated carbocycles. The van der Waals surface area contributed by atoms with E-state index in [-0.39, 0.29) is 18.4 Å². The van der Waals surface area contributed by atoms with Gasteiger partial charge in [-0.05, 0) is 24.5 Å². The zero-order chi connectivity index (χ0) is 15.7. The third kappa shape index (κ3) is 2.50. The van der Waals surface area contributed by atoms with Gasteiger partial charge in [0.2, 0.25) is 11.8 Å². The van der Waals surface area contributed by atoms with Crippen molar-refractivity contribution in [1.29, 1.82) is 0 Å². The van der Waals surface area contributed by atoms with Crippen LogP contribution >= 0.6 is 0 Å². The minimum Gasteiger partial charge on any atom is -0.394 e. The maximum Gasteiger partial charge on any atom is 0.244 e. The van der Waals surface area contributed by atoms with Gasteiger partial charge in [-0.3, -0.25) is 14.5 Å². The largest absolute Gasteiger partial charge is 0.394 e. The molecule has 1 fully saturated rings. The van der Waals surface area contributed by atoms with Gasteiger partial charge in [-0.2, -0.15) is 0 Å². The number of para-hydroxylation sites is 1. The van der Waals surface area contributed by atoms with E-state index in [1.807, 2.05) is 24.3 Å². The third-order valence-corrected chi connectivity index (χ3v) is 4.87. The second-order valence-electron chi connectivity index (χ2n) is 6.37. The van der Waals surface area contributed by atoms with Crippen LogP contribution in [0.2, 0.25) is 0 Å².